The van der Waals surface area contributed by atoms with E-state index in [0.29, 0.717) is 0 Å². The number of benzene rings is 2. The van der Waals surface area contributed by atoms with Crippen LogP contribution in [0, 0.1) is 6.92 Å². The highest BCUT2D eigenvalue weighted by atomic mass is 14.4. The van der Waals surface area contributed by atoms with Crippen LogP contribution in [0.5, 0.6) is 0 Å². The second kappa shape index (κ2) is 12.6. The molecule has 33 heavy (non-hydrogen) atoms. The highest BCUT2D eigenvalue weighted by Crippen LogP contribution is 2.46. The molecule has 0 bridgehead atoms. The number of rotatable bonds is 4. The van der Waals surface area contributed by atoms with E-state index in [9.17, 15) is 0 Å². The van der Waals surface area contributed by atoms with Gasteiger partial charge in [0.1, 0.15) is 0 Å². The van der Waals surface area contributed by atoms with E-state index in [2.05, 4.69) is 96.3 Å². The first-order chi connectivity index (χ1) is 15.5. The summed E-state index contributed by atoms with van der Waals surface area (Å²) in [4.78, 5) is 0. The predicted molar refractivity (Wildman–Crippen MR) is 153 cm³/mol. The molecule has 178 valence electrons. The number of hydrogen-bond donors (Lipinski definition) is 0. The second-order valence-corrected chi connectivity index (χ2v) is 10.0. The van der Waals surface area contributed by atoms with Gasteiger partial charge in [-0.2, -0.15) is 0 Å². The maximum Gasteiger partial charge on any atom is -0.0100 e. The van der Waals surface area contributed by atoms with Gasteiger partial charge in [-0.25, -0.2) is 0 Å². The Balaban J connectivity index is 0.000000689. The molecule has 0 atom stereocenters. The van der Waals surface area contributed by atoms with Crippen molar-refractivity contribution in [3.05, 3.63) is 101 Å². The van der Waals surface area contributed by atoms with E-state index in [-0.39, 0.29) is 10.8 Å². The smallest absolute Gasteiger partial charge is 0.0100 e. The van der Waals surface area contributed by atoms with Crippen molar-refractivity contribution in [2.45, 2.75) is 86.0 Å². The first kappa shape index (κ1) is 28.4. The predicted octanol–water partition coefficient (Wildman–Crippen LogP) is 10.3. The fourth-order valence-corrected chi connectivity index (χ4v) is 4.12. The monoisotopic (exact) mass is 442 g/mol. The van der Waals surface area contributed by atoms with Gasteiger partial charge >= 0.3 is 0 Å². The molecule has 0 aliphatic heterocycles. The van der Waals surface area contributed by atoms with E-state index in [1.54, 1.807) is 6.08 Å². The zero-order chi connectivity index (χ0) is 25.2. The van der Waals surface area contributed by atoms with Crippen molar-refractivity contribution in [3.8, 4) is 0 Å². The lowest BCUT2D eigenvalue weighted by atomic mass is 9.62. The standard InChI is InChI=1S/C26H32.C5H8.C2H6/c1-18(2)21-11-8-20(9-12-21)10-13-22-17-24-23(16-19(22)3)25(4,5)14-15-26(24,6)7;1-3-5-4-2;1-2/h8-13,16-17H,1,14-15H2,2-7H3;3-5H,1H2,2H3;1-2H3/b13-10+;5-4-;. The molecule has 0 saturated carbocycles. The van der Waals surface area contributed by atoms with Crippen molar-refractivity contribution in [3.63, 3.8) is 0 Å². The molecule has 0 heteroatoms. The van der Waals surface area contributed by atoms with Gasteiger partial charge in [-0.05, 0) is 77.8 Å². The Morgan fingerprint density at radius 3 is 1.82 bits per heavy atom. The summed E-state index contributed by atoms with van der Waals surface area (Å²) in [6.07, 6.45) is 12.6. The van der Waals surface area contributed by atoms with E-state index in [1.807, 2.05) is 39.8 Å². The molecule has 1 aliphatic carbocycles. The Kier molecular flexibility index (Phi) is 10.8. The van der Waals surface area contributed by atoms with E-state index in [4.69, 9.17) is 0 Å². The van der Waals surface area contributed by atoms with Crippen LogP contribution < -0.4 is 0 Å². The Morgan fingerprint density at radius 1 is 0.879 bits per heavy atom. The lowest BCUT2D eigenvalue weighted by Crippen LogP contribution is -2.34. The van der Waals surface area contributed by atoms with Crippen LogP contribution in [0.3, 0.4) is 0 Å². The molecule has 0 spiro atoms. The summed E-state index contributed by atoms with van der Waals surface area (Å²) in [6.45, 7) is 27.3. The molecule has 0 unspecified atom stereocenters. The van der Waals surface area contributed by atoms with Gasteiger partial charge in [0.25, 0.3) is 0 Å². The fourth-order valence-electron chi connectivity index (χ4n) is 4.12. The molecule has 2 aromatic rings. The molecule has 0 nitrogen and oxygen atoms in total. The van der Waals surface area contributed by atoms with E-state index < -0.39 is 0 Å². The third-order valence-electron chi connectivity index (χ3n) is 6.43. The summed E-state index contributed by atoms with van der Waals surface area (Å²) in [6, 6.07) is 13.5. The highest BCUT2D eigenvalue weighted by molar-refractivity contribution is 5.73. The molecule has 0 radical (unpaired) electrons. The maximum atomic E-state index is 4.01. The van der Waals surface area contributed by atoms with Crippen LogP contribution in [0.4, 0.5) is 0 Å². The Hall–Kier alpha value is -2.60. The van der Waals surface area contributed by atoms with E-state index in [1.165, 1.54) is 46.2 Å². The van der Waals surface area contributed by atoms with Crippen molar-refractivity contribution in [1.29, 1.82) is 0 Å². The Morgan fingerprint density at radius 2 is 1.39 bits per heavy atom. The van der Waals surface area contributed by atoms with Crippen molar-refractivity contribution >= 4 is 17.7 Å². The van der Waals surface area contributed by atoms with Gasteiger partial charge in [-0.1, -0.05) is 127 Å². The molecule has 0 saturated heterocycles. The molecule has 3 rings (SSSR count). The van der Waals surface area contributed by atoms with Crippen molar-refractivity contribution < 1.29 is 0 Å². The van der Waals surface area contributed by atoms with Crippen molar-refractivity contribution in [2.24, 2.45) is 0 Å². The van der Waals surface area contributed by atoms with Gasteiger partial charge in [0, 0.05) is 0 Å². The molecule has 1 aliphatic rings. The van der Waals surface area contributed by atoms with Crippen LogP contribution in [0.15, 0.2) is 67.8 Å². The average Bonchev–Trinajstić information content (AvgIpc) is 2.78. The topological polar surface area (TPSA) is 0 Å². The van der Waals surface area contributed by atoms with Gasteiger partial charge in [0.15, 0.2) is 0 Å². The van der Waals surface area contributed by atoms with Gasteiger partial charge in [-0.3, -0.25) is 0 Å². The largest absolute Gasteiger partial charge is 0.0991 e. The summed E-state index contributed by atoms with van der Waals surface area (Å²) < 4.78 is 0. The Labute approximate surface area is 204 Å². The number of fused-ring (bicyclic) bond motifs is 1. The molecular formula is C33H46. The lowest BCUT2D eigenvalue weighted by molar-refractivity contribution is 0.331. The molecule has 0 amide bonds. The molecule has 0 heterocycles. The normalized spacial score (nSPS) is 15.7. The average molecular weight is 443 g/mol. The van der Waals surface area contributed by atoms with Crippen LogP contribution in [0.2, 0.25) is 0 Å². The van der Waals surface area contributed by atoms with Gasteiger partial charge in [0.05, 0.1) is 0 Å². The van der Waals surface area contributed by atoms with Gasteiger partial charge in [0.2, 0.25) is 0 Å². The van der Waals surface area contributed by atoms with Crippen LogP contribution in [0.1, 0.15) is 102 Å². The molecule has 2 aromatic carbocycles. The second-order valence-electron chi connectivity index (χ2n) is 10.0. The van der Waals surface area contributed by atoms with Crippen LogP contribution in [0.25, 0.3) is 17.7 Å². The molecule has 0 fully saturated rings. The third kappa shape index (κ3) is 7.74. The van der Waals surface area contributed by atoms with Gasteiger partial charge in [-0.15, -0.1) is 0 Å². The number of aryl methyl sites for hydroxylation is 1. The SMILES string of the molecule is C=C(C)c1ccc(/C=C/c2cc3c(cc2C)C(C)(C)CCC3(C)C)cc1.C=C/C=C\C.CC. The molecule has 0 aromatic heterocycles. The van der Waals surface area contributed by atoms with E-state index in [0.717, 1.165) is 5.57 Å². The third-order valence-corrected chi connectivity index (χ3v) is 6.43. The summed E-state index contributed by atoms with van der Waals surface area (Å²) in [5.41, 5.74) is 9.83. The zero-order valence-electron chi connectivity index (χ0n) is 22.7. The minimum Gasteiger partial charge on any atom is -0.0991 e. The summed E-state index contributed by atoms with van der Waals surface area (Å²) in [5.74, 6) is 0. The van der Waals surface area contributed by atoms with Crippen LogP contribution in [-0.4, -0.2) is 0 Å². The first-order valence-electron chi connectivity index (χ1n) is 12.3. The number of allylic oxidation sites excluding steroid dienone is 4. The minimum atomic E-state index is 0.254. The van der Waals surface area contributed by atoms with Crippen molar-refractivity contribution in [1.82, 2.24) is 0 Å². The van der Waals surface area contributed by atoms with Crippen molar-refractivity contribution in [2.75, 3.05) is 0 Å². The highest BCUT2D eigenvalue weighted by Gasteiger charge is 2.37. The molecule has 0 N–H and O–H groups in total. The van der Waals surface area contributed by atoms with E-state index >= 15 is 0 Å². The summed E-state index contributed by atoms with van der Waals surface area (Å²) >= 11 is 0. The maximum absolute atomic E-state index is 4.01. The lowest BCUT2D eigenvalue weighted by Gasteiger charge is -2.42. The van der Waals surface area contributed by atoms with Crippen LogP contribution in [-0.2, 0) is 10.8 Å². The molecular weight excluding hydrogens is 396 g/mol. The number of hydrogen-bond acceptors (Lipinski definition) is 0. The summed E-state index contributed by atoms with van der Waals surface area (Å²) in [7, 11) is 0. The fraction of sp³-hybridized carbons (Fsp3) is 0.394. The first-order valence-corrected chi connectivity index (χ1v) is 12.3. The Bertz CT molecular complexity index is 975. The van der Waals surface area contributed by atoms with Crippen LogP contribution >= 0.6 is 0 Å². The zero-order valence-corrected chi connectivity index (χ0v) is 22.7. The van der Waals surface area contributed by atoms with Gasteiger partial charge < -0.3 is 0 Å². The quantitative estimate of drug-likeness (QED) is 0.326. The minimum absolute atomic E-state index is 0.254. The summed E-state index contributed by atoms with van der Waals surface area (Å²) in [5, 5.41) is 0.